The van der Waals surface area contributed by atoms with Crippen LogP contribution in [0.5, 0.6) is 0 Å². The van der Waals surface area contributed by atoms with Crippen molar-refractivity contribution in [1.82, 2.24) is 4.90 Å². The van der Waals surface area contributed by atoms with Gasteiger partial charge < -0.3 is 4.90 Å². The summed E-state index contributed by atoms with van der Waals surface area (Å²) in [6.45, 7) is 6.74. The average Bonchev–Trinajstić information content (AvgIpc) is 3.28. The van der Waals surface area contributed by atoms with Crippen molar-refractivity contribution in [2.24, 2.45) is 5.92 Å². The zero-order valence-corrected chi connectivity index (χ0v) is 17.9. The molecule has 6 heteroatoms. The Kier molecular flexibility index (Phi) is 5.42. The van der Waals surface area contributed by atoms with Crippen molar-refractivity contribution in [3.8, 4) is 0 Å². The van der Waals surface area contributed by atoms with Gasteiger partial charge in [0.25, 0.3) is 10.0 Å². The highest BCUT2D eigenvalue weighted by atomic mass is 32.2. The molecule has 2 aromatic carbocycles. The van der Waals surface area contributed by atoms with Crippen molar-refractivity contribution >= 4 is 15.7 Å². The predicted molar refractivity (Wildman–Crippen MR) is 115 cm³/mol. The quantitative estimate of drug-likeness (QED) is 0.687. The largest absolute Gasteiger partial charge is 0.302 e. The molecule has 29 heavy (non-hydrogen) atoms. The first kappa shape index (κ1) is 20.4. The fraction of sp³-hybridized carbons (Fsp3) is 0.478. The summed E-state index contributed by atoms with van der Waals surface area (Å²) in [5.74, 6) is 1.01. The van der Waals surface area contributed by atoms with E-state index >= 15 is 0 Å². The van der Waals surface area contributed by atoms with Crippen LogP contribution in [0.15, 0.2) is 53.4 Å². The van der Waals surface area contributed by atoms with Crippen LogP contribution in [0.3, 0.4) is 0 Å². The number of anilines is 1. The molecule has 1 aliphatic heterocycles. The normalized spacial score (nSPS) is 23.9. The van der Waals surface area contributed by atoms with Crippen LogP contribution in [0.2, 0.25) is 0 Å². The number of hydrogen-bond donors (Lipinski definition) is 1. The molecule has 1 unspecified atom stereocenters. The van der Waals surface area contributed by atoms with Gasteiger partial charge >= 0.3 is 0 Å². The minimum absolute atomic E-state index is 0.181. The van der Waals surface area contributed by atoms with Crippen molar-refractivity contribution in [3.05, 3.63) is 59.7 Å². The summed E-state index contributed by atoms with van der Waals surface area (Å²) in [5, 5.41) is 0. The molecule has 2 atom stereocenters. The molecule has 156 valence electrons. The van der Waals surface area contributed by atoms with Gasteiger partial charge in [0.15, 0.2) is 0 Å². The number of fused-ring (bicyclic) bond motifs is 1. The fourth-order valence-electron chi connectivity index (χ4n) is 4.60. The van der Waals surface area contributed by atoms with Crippen LogP contribution >= 0.6 is 0 Å². The van der Waals surface area contributed by atoms with Crippen LogP contribution < -0.4 is 4.72 Å². The lowest BCUT2D eigenvalue weighted by atomic mass is 9.95. The Balaban J connectivity index is 1.43. The summed E-state index contributed by atoms with van der Waals surface area (Å²) >= 11 is 0. The Morgan fingerprint density at radius 3 is 2.45 bits per heavy atom. The lowest BCUT2D eigenvalue weighted by Crippen LogP contribution is -2.27. The van der Waals surface area contributed by atoms with Gasteiger partial charge in [-0.3, -0.25) is 9.11 Å². The van der Waals surface area contributed by atoms with Crippen molar-refractivity contribution < 1.29 is 12.8 Å². The zero-order chi connectivity index (χ0) is 20.6. The molecule has 4 rings (SSSR count). The van der Waals surface area contributed by atoms with Gasteiger partial charge in [-0.2, -0.15) is 0 Å². The third kappa shape index (κ3) is 4.05. The molecule has 4 nitrogen and oxygen atoms in total. The van der Waals surface area contributed by atoms with Gasteiger partial charge in [0.2, 0.25) is 0 Å². The summed E-state index contributed by atoms with van der Waals surface area (Å²) in [5.41, 5.74) is 3.13. The monoisotopic (exact) mass is 416 g/mol. The Labute approximate surface area is 173 Å². The lowest BCUT2D eigenvalue weighted by Gasteiger charge is -2.20. The van der Waals surface area contributed by atoms with Gasteiger partial charge in [0.05, 0.1) is 11.6 Å². The van der Waals surface area contributed by atoms with Crippen LogP contribution in [0.4, 0.5) is 10.1 Å². The number of rotatable bonds is 8. The minimum atomic E-state index is -3.61. The number of nitrogens with one attached hydrogen (secondary N) is 1. The first-order chi connectivity index (χ1) is 13.8. The zero-order valence-electron chi connectivity index (χ0n) is 17.1. The van der Waals surface area contributed by atoms with Gasteiger partial charge in [-0.1, -0.05) is 38.1 Å². The van der Waals surface area contributed by atoms with Gasteiger partial charge in [-0.25, -0.2) is 8.42 Å². The Hall–Kier alpha value is -1.92. The Bertz CT molecular complexity index is 957. The summed E-state index contributed by atoms with van der Waals surface area (Å²) in [4.78, 5) is 2.62. The molecule has 0 amide bonds. The second kappa shape index (κ2) is 7.73. The molecule has 1 saturated carbocycles. The van der Waals surface area contributed by atoms with Gasteiger partial charge in [-0.05, 0) is 60.1 Å². The molecule has 0 radical (unpaired) electrons. The van der Waals surface area contributed by atoms with Crippen molar-refractivity contribution in [2.45, 2.75) is 42.9 Å². The van der Waals surface area contributed by atoms with Crippen molar-refractivity contribution in [3.63, 3.8) is 0 Å². The van der Waals surface area contributed by atoms with E-state index in [1.165, 1.54) is 12.0 Å². The molecule has 2 aromatic rings. The lowest BCUT2D eigenvalue weighted by molar-refractivity contribution is 0.280. The summed E-state index contributed by atoms with van der Waals surface area (Å²) < 4.78 is 40.5. The Morgan fingerprint density at radius 2 is 1.83 bits per heavy atom. The number of alkyl halides is 1. The number of likely N-dealkylation sites (tertiary alicyclic amines) is 1. The van der Waals surface area contributed by atoms with E-state index in [2.05, 4.69) is 23.5 Å². The highest BCUT2D eigenvalue weighted by Gasteiger charge is 2.60. The average molecular weight is 417 g/mol. The van der Waals surface area contributed by atoms with Crippen LogP contribution in [-0.2, 0) is 15.4 Å². The topological polar surface area (TPSA) is 49.4 Å². The standard InChI is InChI=1S/C23H29FN2O2S/c1-17(2)18-4-10-22(11-5-18)29(27,28)25-21-8-6-19(7-9-21)23-14-20(23)15-26(16-23)13-3-12-24/h4-11,17,20,25H,3,12-16H2,1-2H3/t20-,23?/m1/s1. The first-order valence-electron chi connectivity index (χ1n) is 10.4. The highest BCUT2D eigenvalue weighted by molar-refractivity contribution is 7.92. The SMILES string of the molecule is CC(C)c1ccc(S(=O)(=O)Nc2ccc(C34C[C@@H]3CN(CCCF)C4)cc2)cc1. The van der Waals surface area contributed by atoms with E-state index in [0.29, 0.717) is 23.9 Å². The maximum Gasteiger partial charge on any atom is 0.261 e. The second-order valence-corrected chi connectivity index (χ2v) is 10.4. The smallest absolute Gasteiger partial charge is 0.261 e. The van der Waals surface area contributed by atoms with Crippen LogP contribution in [-0.4, -0.2) is 39.6 Å². The first-order valence-corrected chi connectivity index (χ1v) is 11.8. The molecule has 1 saturated heterocycles. The summed E-state index contributed by atoms with van der Waals surface area (Å²) in [6.07, 6.45) is 1.77. The number of nitrogens with zero attached hydrogens (tertiary/aromatic N) is 1. The van der Waals surface area contributed by atoms with E-state index in [1.54, 1.807) is 12.1 Å². The van der Waals surface area contributed by atoms with Crippen LogP contribution in [0.25, 0.3) is 0 Å². The van der Waals surface area contributed by atoms with E-state index in [1.807, 2.05) is 36.4 Å². The molecule has 0 aromatic heterocycles. The maximum atomic E-state index is 12.7. The molecule has 0 bridgehead atoms. The number of piperidine rings is 1. The third-order valence-corrected chi connectivity index (χ3v) is 7.79. The molecule has 2 aliphatic rings. The fourth-order valence-corrected chi connectivity index (χ4v) is 5.66. The molecule has 2 fully saturated rings. The van der Waals surface area contributed by atoms with Gasteiger partial charge in [0.1, 0.15) is 0 Å². The number of benzene rings is 2. The van der Waals surface area contributed by atoms with E-state index in [0.717, 1.165) is 25.2 Å². The second-order valence-electron chi connectivity index (χ2n) is 8.74. The molecule has 1 heterocycles. The minimum Gasteiger partial charge on any atom is -0.302 e. The molecular weight excluding hydrogens is 387 g/mol. The van der Waals surface area contributed by atoms with Crippen molar-refractivity contribution in [1.29, 1.82) is 0 Å². The van der Waals surface area contributed by atoms with Crippen LogP contribution in [0, 0.1) is 5.92 Å². The van der Waals surface area contributed by atoms with Crippen molar-refractivity contribution in [2.75, 3.05) is 31.0 Å². The summed E-state index contributed by atoms with van der Waals surface area (Å²) in [6, 6.07) is 14.8. The Morgan fingerprint density at radius 1 is 1.14 bits per heavy atom. The van der Waals surface area contributed by atoms with Crippen LogP contribution in [0.1, 0.15) is 43.7 Å². The molecule has 1 aliphatic carbocycles. The summed E-state index contributed by atoms with van der Waals surface area (Å²) in [7, 11) is -3.61. The van der Waals surface area contributed by atoms with Gasteiger partial charge in [-0.15, -0.1) is 0 Å². The van der Waals surface area contributed by atoms with E-state index in [9.17, 15) is 12.8 Å². The molecule has 0 spiro atoms. The van der Waals surface area contributed by atoms with E-state index in [-0.39, 0.29) is 17.0 Å². The number of halogens is 1. The van der Waals surface area contributed by atoms with Gasteiger partial charge in [0, 0.05) is 30.7 Å². The van der Waals surface area contributed by atoms with E-state index < -0.39 is 10.0 Å². The highest BCUT2D eigenvalue weighted by Crippen LogP contribution is 2.59. The number of hydrogen-bond acceptors (Lipinski definition) is 3. The predicted octanol–water partition coefficient (Wildman–Crippen LogP) is 4.54. The molecular formula is C23H29FN2O2S. The third-order valence-electron chi connectivity index (χ3n) is 6.39. The van der Waals surface area contributed by atoms with E-state index in [4.69, 9.17) is 0 Å². The number of sulfonamides is 1. The maximum absolute atomic E-state index is 12.7. The molecule has 1 N–H and O–H groups in total.